The molecule has 2 unspecified atom stereocenters. The molecule has 0 saturated heterocycles. The number of rotatable bonds is 29. The molecule has 6 rings (SSSR count). The van der Waals surface area contributed by atoms with Crippen molar-refractivity contribution in [2.75, 3.05) is 44.3 Å². The SMILES string of the molecule is Cc1cc(OCP(=O)(NCc2ccccc2)OCCSC(=O)C(C)(C)CO)cc(C)c1Cc1ccc(O)c(C(C)C)c1.Cc1cc(OP(=O)(NCc2ccccc2)OCCSC(=O)C(C)(C)CO)cc(C)c1Cc1ccc(O)c(C(C)C)c1. The number of thioether (sulfide) groups is 2. The van der Waals surface area contributed by atoms with Gasteiger partial charge < -0.3 is 34.2 Å². The Balaban J connectivity index is 0.000000304. The van der Waals surface area contributed by atoms with Crippen LogP contribution in [0.3, 0.4) is 0 Å². The highest BCUT2D eigenvalue weighted by Gasteiger charge is 2.31. The van der Waals surface area contributed by atoms with Gasteiger partial charge in [0.2, 0.25) is 0 Å². The minimum atomic E-state index is -3.81. The summed E-state index contributed by atoms with van der Waals surface area (Å²) in [6.45, 7) is 23.3. The fourth-order valence-corrected chi connectivity index (χ4v) is 13.2. The number of ether oxygens (including phenoxy) is 1. The molecule has 0 fully saturated rings. The lowest BCUT2D eigenvalue weighted by Crippen LogP contribution is -2.26. The van der Waals surface area contributed by atoms with Crippen molar-refractivity contribution in [2.24, 2.45) is 10.8 Å². The average molecular weight is 1210 g/mol. The highest BCUT2D eigenvalue weighted by atomic mass is 32.2. The van der Waals surface area contributed by atoms with E-state index < -0.39 is 26.1 Å². The molecule has 0 spiro atoms. The van der Waals surface area contributed by atoms with Gasteiger partial charge in [-0.15, -0.1) is 0 Å². The predicted molar refractivity (Wildman–Crippen MR) is 338 cm³/mol. The van der Waals surface area contributed by atoms with Crippen LogP contribution in [0, 0.1) is 38.5 Å². The topological polar surface area (TPSA) is 210 Å². The summed E-state index contributed by atoms with van der Waals surface area (Å²) in [6, 6.07) is 38.3. The molecule has 6 aromatic rings. The molecule has 0 aliphatic rings. The van der Waals surface area contributed by atoms with Gasteiger partial charge in [-0.2, -0.15) is 0 Å². The number of aliphatic hydroxyl groups is 2. The van der Waals surface area contributed by atoms with Crippen molar-refractivity contribution in [3.05, 3.63) is 188 Å². The third-order valence-corrected chi connectivity index (χ3v) is 19.5. The third-order valence-electron chi connectivity index (χ3n) is 13.9. The number of carbonyl (C=O) groups is 2. The molecule has 6 aromatic carbocycles. The van der Waals surface area contributed by atoms with Crippen LogP contribution in [0.1, 0.15) is 134 Å². The molecule has 0 saturated carbocycles. The van der Waals surface area contributed by atoms with Crippen LogP contribution in [-0.4, -0.2) is 74.9 Å². The molecule has 0 heterocycles. The number of nitrogens with one attached hydrogen (secondary N) is 2. The van der Waals surface area contributed by atoms with E-state index >= 15 is 0 Å². The van der Waals surface area contributed by atoms with E-state index in [9.17, 15) is 39.1 Å². The van der Waals surface area contributed by atoms with Crippen LogP contribution in [0.5, 0.6) is 23.0 Å². The number of aryl methyl sites for hydroxylation is 4. The number of phenolic OH excluding ortho intramolecular Hbond substituents is 2. The van der Waals surface area contributed by atoms with Crippen LogP contribution in [0.15, 0.2) is 121 Å². The van der Waals surface area contributed by atoms with E-state index in [4.69, 9.17) is 18.3 Å². The number of aliphatic hydroxyl groups excluding tert-OH is 2. The highest BCUT2D eigenvalue weighted by Crippen LogP contribution is 2.46. The Hall–Kier alpha value is -5.22. The number of hydrogen-bond acceptors (Lipinski definition) is 14. The van der Waals surface area contributed by atoms with Crippen molar-refractivity contribution in [1.29, 1.82) is 0 Å². The van der Waals surface area contributed by atoms with E-state index in [2.05, 4.69) is 43.9 Å². The van der Waals surface area contributed by atoms with Gasteiger partial charge >= 0.3 is 15.3 Å². The Morgan fingerprint density at radius 2 is 0.940 bits per heavy atom. The molecule has 0 amide bonds. The third kappa shape index (κ3) is 21.4. The van der Waals surface area contributed by atoms with Crippen LogP contribution in [0.4, 0.5) is 0 Å². The first-order chi connectivity index (χ1) is 39.2. The summed E-state index contributed by atoms with van der Waals surface area (Å²) in [5, 5.41) is 45.0. The van der Waals surface area contributed by atoms with Crippen LogP contribution in [0.25, 0.3) is 0 Å². The standard InChI is InChI=1S/C33H44NO6PS.C32H42NO6PS/c1-23(2)29-18-27(12-13-31(29)36)19-30-24(3)16-28(17-25(30)4)39-22-41(38,34-20-26-10-8-7-9-11-26)40-14-15-42-32(37)33(5,6)21-35;1-22(2)28-18-26(12-13-30(28)35)19-29-23(3)16-27(17-24(29)4)39-40(37,33-20-25-10-8-7-9-11-25)38-14-15-41-31(36)32(5,6)21-34/h7-13,16-18,23,35-36H,14-15,19-22H2,1-6H3,(H,34,38);7-13,16-18,22,34-35H,14-15,19-21H2,1-6H3,(H,33,37). The second kappa shape index (κ2) is 31.8. The molecule has 0 aromatic heterocycles. The summed E-state index contributed by atoms with van der Waals surface area (Å²) in [6.07, 6.45) is 1.24. The fourth-order valence-electron chi connectivity index (χ4n) is 8.62. The maximum Gasteiger partial charge on any atom is 0.459 e. The van der Waals surface area contributed by atoms with Crippen molar-refractivity contribution >= 4 is 49.0 Å². The molecule has 450 valence electrons. The van der Waals surface area contributed by atoms with Gasteiger partial charge in [0.05, 0.1) is 37.3 Å². The van der Waals surface area contributed by atoms with E-state index in [-0.39, 0.29) is 67.1 Å². The molecular formula is C65H86N2O12P2S2. The molecular weight excluding hydrogens is 1130 g/mol. The first kappa shape index (κ1) is 68.6. The largest absolute Gasteiger partial charge is 0.508 e. The van der Waals surface area contributed by atoms with Gasteiger partial charge in [0.15, 0.2) is 16.6 Å². The fraction of sp³-hybridized carbons (Fsp3) is 0.415. The van der Waals surface area contributed by atoms with E-state index in [1.165, 1.54) is 5.56 Å². The Bertz CT molecular complexity index is 3150. The summed E-state index contributed by atoms with van der Waals surface area (Å²) < 4.78 is 51.4. The molecule has 0 aliphatic heterocycles. The molecule has 0 aliphatic carbocycles. The highest BCUT2D eigenvalue weighted by molar-refractivity contribution is 8.14. The van der Waals surface area contributed by atoms with Gasteiger partial charge in [0.1, 0.15) is 23.0 Å². The lowest BCUT2D eigenvalue weighted by molar-refractivity contribution is -0.120. The number of phenols is 2. The molecule has 6 N–H and O–H groups in total. The summed E-state index contributed by atoms with van der Waals surface area (Å²) in [7, 11) is -7.25. The summed E-state index contributed by atoms with van der Waals surface area (Å²) in [4.78, 5) is 24.7. The number of aromatic hydroxyl groups is 2. The molecule has 0 bridgehead atoms. The number of carbonyl (C=O) groups excluding carboxylic acids is 2. The Kier molecular flexibility index (Phi) is 26.3. The molecule has 0 radical (unpaired) electrons. The Morgan fingerprint density at radius 3 is 1.35 bits per heavy atom. The normalized spacial score (nSPS) is 13.3. The van der Waals surface area contributed by atoms with Gasteiger partial charge in [0, 0.05) is 24.6 Å². The van der Waals surface area contributed by atoms with Gasteiger partial charge in [0.25, 0.3) is 0 Å². The van der Waals surface area contributed by atoms with Crippen molar-refractivity contribution in [3.63, 3.8) is 0 Å². The Labute approximate surface area is 501 Å². The zero-order chi connectivity index (χ0) is 61.1. The quantitative estimate of drug-likeness (QED) is 0.0191. The maximum atomic E-state index is 13.9. The van der Waals surface area contributed by atoms with Gasteiger partial charge in [-0.05, 0) is 183 Å². The second-order valence-corrected chi connectivity index (χ2v) is 28.8. The van der Waals surface area contributed by atoms with Gasteiger partial charge in [-0.3, -0.25) is 18.7 Å². The molecule has 2 atom stereocenters. The average Bonchev–Trinajstić information content (AvgIpc) is 3.64. The van der Waals surface area contributed by atoms with E-state index in [0.717, 1.165) is 91.1 Å². The van der Waals surface area contributed by atoms with Crippen LogP contribution >= 0.6 is 38.8 Å². The zero-order valence-corrected chi connectivity index (χ0v) is 53.7. The van der Waals surface area contributed by atoms with Crippen molar-refractivity contribution < 1.29 is 57.5 Å². The lowest BCUT2D eigenvalue weighted by Gasteiger charge is -2.22. The summed E-state index contributed by atoms with van der Waals surface area (Å²) >= 11 is 2.10. The predicted octanol–water partition coefficient (Wildman–Crippen LogP) is 14.6. The minimum Gasteiger partial charge on any atom is -0.508 e. The Morgan fingerprint density at radius 1 is 0.542 bits per heavy atom. The van der Waals surface area contributed by atoms with Gasteiger partial charge in [-0.1, -0.05) is 136 Å². The van der Waals surface area contributed by atoms with Crippen molar-refractivity contribution in [3.8, 4) is 23.0 Å². The van der Waals surface area contributed by atoms with Crippen molar-refractivity contribution in [1.82, 2.24) is 10.2 Å². The number of hydrogen-bond donors (Lipinski definition) is 6. The smallest absolute Gasteiger partial charge is 0.459 e. The second-order valence-electron chi connectivity index (χ2n) is 22.7. The van der Waals surface area contributed by atoms with E-state index in [1.807, 2.05) is 131 Å². The number of benzene rings is 6. The van der Waals surface area contributed by atoms with Crippen LogP contribution < -0.4 is 19.4 Å². The van der Waals surface area contributed by atoms with E-state index in [1.54, 1.807) is 39.8 Å². The van der Waals surface area contributed by atoms with E-state index in [0.29, 0.717) is 41.7 Å². The van der Waals surface area contributed by atoms with Crippen LogP contribution in [-0.2, 0) is 53.7 Å². The molecule has 18 heteroatoms. The molecule has 83 heavy (non-hydrogen) atoms. The first-order valence-electron chi connectivity index (χ1n) is 28.0. The summed E-state index contributed by atoms with van der Waals surface area (Å²) in [5.41, 5.74) is 10.6. The maximum absolute atomic E-state index is 13.9. The minimum absolute atomic E-state index is 0.0199. The van der Waals surface area contributed by atoms with Crippen LogP contribution in [0.2, 0.25) is 0 Å². The lowest BCUT2D eigenvalue weighted by atomic mass is 9.93. The zero-order valence-electron chi connectivity index (χ0n) is 50.2. The van der Waals surface area contributed by atoms with Crippen molar-refractivity contribution in [2.45, 2.75) is 121 Å². The van der Waals surface area contributed by atoms with Gasteiger partial charge in [-0.25, -0.2) is 14.7 Å². The first-order valence-corrected chi connectivity index (χ1v) is 33.3. The monoisotopic (exact) mass is 1210 g/mol. The molecule has 14 nitrogen and oxygen atoms in total. The summed E-state index contributed by atoms with van der Waals surface area (Å²) in [5.74, 6) is 2.66.